The van der Waals surface area contributed by atoms with E-state index < -0.39 is 24.0 Å². The molecule has 1 aliphatic rings. The highest BCUT2D eigenvalue weighted by Gasteiger charge is 2.23. The van der Waals surface area contributed by atoms with E-state index in [0.29, 0.717) is 0 Å². The van der Waals surface area contributed by atoms with Crippen LogP contribution in [0.1, 0.15) is 43.0 Å². The first kappa shape index (κ1) is 16.8. The number of hydrogen-bond donors (Lipinski definition) is 3. The van der Waals surface area contributed by atoms with Crippen LogP contribution < -0.4 is 10.6 Å². The second-order valence-corrected chi connectivity index (χ2v) is 5.54. The first-order chi connectivity index (χ1) is 11.0. The summed E-state index contributed by atoms with van der Waals surface area (Å²) in [5.41, 5.74) is 0.125. The Bertz CT molecular complexity index is 596. The highest BCUT2D eigenvalue weighted by Crippen LogP contribution is 2.17. The van der Waals surface area contributed by atoms with Crippen molar-refractivity contribution in [2.24, 2.45) is 0 Å². The quantitative estimate of drug-likeness (QED) is 0.733. The minimum absolute atomic E-state index is 0.0764. The van der Waals surface area contributed by atoms with E-state index in [0.717, 1.165) is 25.7 Å². The number of urea groups is 1. The molecule has 1 aliphatic carbocycles. The van der Waals surface area contributed by atoms with E-state index in [9.17, 15) is 19.5 Å². The number of benzene rings is 1. The van der Waals surface area contributed by atoms with Gasteiger partial charge in [0.1, 0.15) is 5.75 Å². The number of rotatable bonds is 4. The number of hydrogen-bond acceptors (Lipinski definition) is 5. The zero-order valence-corrected chi connectivity index (χ0v) is 12.9. The van der Waals surface area contributed by atoms with E-state index in [1.807, 2.05) is 0 Å². The van der Waals surface area contributed by atoms with Gasteiger partial charge in [-0.05, 0) is 38.0 Å². The first-order valence-corrected chi connectivity index (χ1v) is 7.57. The molecule has 0 radical (unpaired) electrons. The maximum Gasteiger partial charge on any atom is 0.339 e. The van der Waals surface area contributed by atoms with Crippen molar-refractivity contribution in [2.75, 3.05) is 0 Å². The number of aromatic hydroxyl groups is 1. The summed E-state index contributed by atoms with van der Waals surface area (Å²) in [7, 11) is 0. The van der Waals surface area contributed by atoms with E-state index in [1.165, 1.54) is 31.2 Å². The Balaban J connectivity index is 1.82. The molecular formula is C16H20N2O5. The Morgan fingerprint density at radius 3 is 2.61 bits per heavy atom. The number of carbonyl (C=O) groups excluding carboxylic acids is 3. The third kappa shape index (κ3) is 4.98. The predicted octanol–water partition coefficient (Wildman–Crippen LogP) is 1.71. The van der Waals surface area contributed by atoms with Crippen LogP contribution in [0.4, 0.5) is 4.79 Å². The molecule has 1 fully saturated rings. The topological polar surface area (TPSA) is 105 Å². The zero-order valence-electron chi connectivity index (χ0n) is 12.9. The summed E-state index contributed by atoms with van der Waals surface area (Å²) < 4.78 is 4.98. The molecule has 1 saturated carbocycles. The van der Waals surface area contributed by atoms with Crippen molar-refractivity contribution in [1.82, 2.24) is 10.6 Å². The van der Waals surface area contributed by atoms with E-state index in [4.69, 9.17) is 4.74 Å². The van der Waals surface area contributed by atoms with Gasteiger partial charge in [-0.1, -0.05) is 18.9 Å². The smallest absolute Gasteiger partial charge is 0.339 e. The van der Waals surface area contributed by atoms with Crippen LogP contribution >= 0.6 is 0 Å². The molecule has 0 heterocycles. The Hall–Kier alpha value is -2.57. The molecule has 124 valence electrons. The normalized spacial score (nSPS) is 15.7. The van der Waals surface area contributed by atoms with Gasteiger partial charge < -0.3 is 15.2 Å². The van der Waals surface area contributed by atoms with Crippen LogP contribution in [0, 0.1) is 0 Å². The van der Waals surface area contributed by atoms with Gasteiger partial charge in [0.05, 0.1) is 5.56 Å². The largest absolute Gasteiger partial charge is 0.508 e. The van der Waals surface area contributed by atoms with Gasteiger partial charge in [-0.2, -0.15) is 0 Å². The average Bonchev–Trinajstić information content (AvgIpc) is 2.99. The van der Waals surface area contributed by atoms with Crippen molar-refractivity contribution in [2.45, 2.75) is 44.8 Å². The second-order valence-electron chi connectivity index (χ2n) is 5.54. The Kier molecular flexibility index (Phi) is 5.56. The van der Waals surface area contributed by atoms with Crippen molar-refractivity contribution in [3.63, 3.8) is 0 Å². The second kappa shape index (κ2) is 7.62. The van der Waals surface area contributed by atoms with Crippen LogP contribution in [-0.2, 0) is 9.53 Å². The number of esters is 1. The number of phenolic OH excluding ortho intramolecular Hbond substituents is 1. The molecule has 1 atom stereocenters. The zero-order chi connectivity index (χ0) is 16.8. The SMILES string of the molecule is C[C@@H](OC(=O)c1cccc(O)c1)C(=O)NC(=O)NC1CCCC1. The van der Waals surface area contributed by atoms with Crippen LogP contribution in [0.25, 0.3) is 0 Å². The standard InChI is InChI=1S/C16H20N2O5/c1-10(23-15(21)11-5-4-8-13(19)9-11)14(20)18-16(22)17-12-6-2-3-7-12/h4-5,8-10,12,19H,2-3,6-7H2,1H3,(H2,17,18,20,22)/t10-/m1/s1. The third-order valence-corrected chi connectivity index (χ3v) is 3.66. The fraction of sp³-hybridized carbons (Fsp3) is 0.438. The fourth-order valence-corrected chi connectivity index (χ4v) is 2.42. The monoisotopic (exact) mass is 320 g/mol. The van der Waals surface area contributed by atoms with Crippen molar-refractivity contribution in [3.05, 3.63) is 29.8 Å². The maximum absolute atomic E-state index is 11.9. The molecule has 1 aromatic carbocycles. The molecule has 0 aromatic heterocycles. The van der Waals surface area contributed by atoms with Gasteiger partial charge in [0.2, 0.25) is 0 Å². The lowest BCUT2D eigenvalue weighted by Crippen LogP contribution is -2.47. The number of carbonyl (C=O) groups is 3. The van der Waals surface area contributed by atoms with Crippen LogP contribution in [0.5, 0.6) is 5.75 Å². The van der Waals surface area contributed by atoms with Gasteiger partial charge in [-0.25, -0.2) is 9.59 Å². The number of amides is 3. The molecular weight excluding hydrogens is 300 g/mol. The summed E-state index contributed by atoms with van der Waals surface area (Å²) in [6.07, 6.45) is 2.82. The lowest BCUT2D eigenvalue weighted by Gasteiger charge is -2.15. The predicted molar refractivity (Wildman–Crippen MR) is 81.9 cm³/mol. The summed E-state index contributed by atoms with van der Waals surface area (Å²) in [5.74, 6) is -1.53. The first-order valence-electron chi connectivity index (χ1n) is 7.57. The summed E-state index contributed by atoms with van der Waals surface area (Å²) in [4.78, 5) is 35.4. The van der Waals surface area contributed by atoms with E-state index in [2.05, 4.69) is 10.6 Å². The molecule has 3 amide bonds. The summed E-state index contributed by atoms with van der Waals surface area (Å²) >= 11 is 0. The van der Waals surface area contributed by atoms with Gasteiger partial charge in [0.15, 0.2) is 6.10 Å². The van der Waals surface area contributed by atoms with Crippen molar-refractivity contribution in [3.8, 4) is 5.75 Å². The van der Waals surface area contributed by atoms with Crippen molar-refractivity contribution < 1.29 is 24.2 Å². The summed E-state index contributed by atoms with van der Waals surface area (Å²) in [6, 6.07) is 5.11. The molecule has 1 aromatic rings. The van der Waals surface area contributed by atoms with E-state index in [-0.39, 0.29) is 17.4 Å². The minimum Gasteiger partial charge on any atom is -0.508 e. The lowest BCUT2D eigenvalue weighted by molar-refractivity contribution is -0.127. The average molecular weight is 320 g/mol. The van der Waals surface area contributed by atoms with Crippen LogP contribution in [0.3, 0.4) is 0 Å². The van der Waals surface area contributed by atoms with E-state index >= 15 is 0 Å². The third-order valence-electron chi connectivity index (χ3n) is 3.66. The molecule has 7 nitrogen and oxygen atoms in total. The molecule has 2 rings (SSSR count). The molecule has 7 heteroatoms. The van der Waals surface area contributed by atoms with Gasteiger partial charge in [0.25, 0.3) is 5.91 Å². The molecule has 0 saturated heterocycles. The van der Waals surface area contributed by atoms with Gasteiger partial charge in [-0.3, -0.25) is 10.1 Å². The minimum atomic E-state index is -1.13. The van der Waals surface area contributed by atoms with Gasteiger partial charge in [0, 0.05) is 6.04 Å². The van der Waals surface area contributed by atoms with E-state index in [1.54, 1.807) is 0 Å². The Labute approximate surface area is 134 Å². The molecule has 0 unspecified atom stereocenters. The summed E-state index contributed by atoms with van der Waals surface area (Å²) in [5, 5.41) is 14.2. The van der Waals surface area contributed by atoms with Crippen LogP contribution in [0.2, 0.25) is 0 Å². The maximum atomic E-state index is 11.9. The molecule has 0 aliphatic heterocycles. The number of imide groups is 1. The van der Waals surface area contributed by atoms with Gasteiger partial charge >= 0.3 is 12.0 Å². The van der Waals surface area contributed by atoms with Crippen molar-refractivity contribution >= 4 is 17.9 Å². The van der Waals surface area contributed by atoms with Crippen molar-refractivity contribution in [1.29, 1.82) is 0 Å². The Morgan fingerprint density at radius 2 is 1.96 bits per heavy atom. The fourth-order valence-electron chi connectivity index (χ4n) is 2.42. The number of ether oxygens (including phenoxy) is 1. The van der Waals surface area contributed by atoms with Crippen LogP contribution in [-0.4, -0.2) is 35.2 Å². The molecule has 23 heavy (non-hydrogen) atoms. The number of phenols is 1. The Morgan fingerprint density at radius 1 is 1.26 bits per heavy atom. The summed E-state index contributed by atoms with van der Waals surface area (Å²) in [6.45, 7) is 1.37. The highest BCUT2D eigenvalue weighted by atomic mass is 16.5. The molecule has 0 spiro atoms. The van der Waals surface area contributed by atoms with Crippen LogP contribution in [0.15, 0.2) is 24.3 Å². The lowest BCUT2D eigenvalue weighted by atomic mass is 10.2. The number of nitrogens with one attached hydrogen (secondary N) is 2. The highest BCUT2D eigenvalue weighted by molar-refractivity contribution is 5.98. The van der Waals surface area contributed by atoms with Gasteiger partial charge in [-0.15, -0.1) is 0 Å². The molecule has 0 bridgehead atoms. The molecule has 3 N–H and O–H groups in total.